The number of rotatable bonds is 12. The quantitative estimate of drug-likeness (QED) is 0.172. The molecule has 18 nitrogen and oxygen atoms in total. The van der Waals surface area contributed by atoms with Gasteiger partial charge in [0.15, 0.2) is 11.9 Å². The van der Waals surface area contributed by atoms with Crippen LogP contribution in [0.15, 0.2) is 48.8 Å². The zero-order chi connectivity index (χ0) is 48.7. The molecular weight excluding hydrogens is 853 g/mol. The van der Waals surface area contributed by atoms with Gasteiger partial charge in [0.25, 0.3) is 0 Å². The van der Waals surface area contributed by atoms with Gasteiger partial charge in [0.2, 0.25) is 0 Å². The van der Waals surface area contributed by atoms with Crippen LogP contribution in [0.5, 0.6) is 0 Å². The largest absolute Gasteiger partial charge is 0.458 e. The molecule has 0 bridgehead atoms. The van der Waals surface area contributed by atoms with Crippen LogP contribution in [-0.4, -0.2) is 149 Å². The van der Waals surface area contributed by atoms with Gasteiger partial charge in [-0.3, -0.25) is 9.59 Å². The van der Waals surface area contributed by atoms with Crippen LogP contribution in [0.25, 0.3) is 11.8 Å². The Bertz CT molecular complexity index is 1990. The van der Waals surface area contributed by atoms with Gasteiger partial charge >= 0.3 is 24.2 Å². The van der Waals surface area contributed by atoms with Crippen molar-refractivity contribution in [2.45, 2.75) is 149 Å². The molecule has 2 aromatic rings. The lowest BCUT2D eigenvalue weighted by Gasteiger charge is -2.48. The maximum atomic E-state index is 14.7. The average molecular weight is 925 g/mol. The van der Waals surface area contributed by atoms with Crippen molar-refractivity contribution in [2.24, 2.45) is 23.7 Å². The summed E-state index contributed by atoms with van der Waals surface area (Å²) in [6.07, 6.45) is -1.08. The molecule has 0 radical (unpaired) electrons. The summed E-state index contributed by atoms with van der Waals surface area (Å²) in [5.41, 5.74) is -1.45. The highest BCUT2D eigenvalue weighted by Crippen LogP contribution is 2.42. The number of alkyl carbamates (subject to hydrolysis) is 2. The van der Waals surface area contributed by atoms with Gasteiger partial charge in [-0.1, -0.05) is 52.0 Å². The number of hydrogen-bond donors (Lipinski definition) is 3. The maximum Gasteiger partial charge on any atom is 0.410 e. The maximum absolute atomic E-state index is 14.7. The molecule has 1 aromatic heterocycles. The minimum absolute atomic E-state index is 0.0560. The zero-order valence-corrected chi connectivity index (χ0v) is 40.6. The highest BCUT2D eigenvalue weighted by atomic mass is 16.7. The molecule has 18 heteroatoms. The van der Waals surface area contributed by atoms with Crippen LogP contribution < -0.4 is 10.6 Å². The molecule has 0 saturated carbocycles. The number of benzene rings is 1. The number of nitrogens with one attached hydrogen (secondary N) is 2. The summed E-state index contributed by atoms with van der Waals surface area (Å²) in [4.78, 5) is 73.6. The van der Waals surface area contributed by atoms with Crippen molar-refractivity contribution < 1.29 is 57.5 Å². The van der Waals surface area contributed by atoms with Gasteiger partial charge in [-0.25, -0.2) is 19.1 Å². The Kier molecular flexibility index (Phi) is 17.4. The van der Waals surface area contributed by atoms with E-state index in [4.69, 9.17) is 28.4 Å². The summed E-state index contributed by atoms with van der Waals surface area (Å²) in [7, 11) is 3.68. The van der Waals surface area contributed by atoms with Crippen LogP contribution in [0.1, 0.15) is 94.1 Å². The summed E-state index contributed by atoms with van der Waals surface area (Å²) in [5.74, 6) is -4.97. The summed E-state index contributed by atoms with van der Waals surface area (Å²) in [6.45, 7) is 17.8. The highest BCUT2D eigenvalue weighted by molar-refractivity contribution is 5.85. The second kappa shape index (κ2) is 22.2. The van der Waals surface area contributed by atoms with Crippen LogP contribution in [-0.2, 0) is 38.0 Å². The second-order valence-electron chi connectivity index (χ2n) is 18.7. The predicted octanol–water partition coefficient (Wildman–Crippen LogP) is 5.73. The Balaban J connectivity index is 1.59. The Morgan fingerprint density at radius 2 is 1.71 bits per heavy atom. The smallest absolute Gasteiger partial charge is 0.410 e. The summed E-state index contributed by atoms with van der Waals surface area (Å²) in [5, 5.41) is 21.7. The molecule has 14 atom stereocenters. The van der Waals surface area contributed by atoms with Crippen molar-refractivity contribution in [3.8, 4) is 5.69 Å². The zero-order valence-electron chi connectivity index (χ0n) is 40.6. The number of aromatic nitrogens is 2. The number of hydrogen-bond acceptors (Lipinski definition) is 14. The first-order valence-corrected chi connectivity index (χ1v) is 23.3. The Morgan fingerprint density at radius 3 is 2.32 bits per heavy atom. The van der Waals surface area contributed by atoms with Crippen LogP contribution in [0, 0.1) is 23.7 Å². The summed E-state index contributed by atoms with van der Waals surface area (Å²) in [6, 6.07) is 8.20. The fourth-order valence-corrected chi connectivity index (χ4v) is 9.85. The predicted molar refractivity (Wildman–Crippen MR) is 244 cm³/mol. The normalized spacial score (nSPS) is 34.4. The van der Waals surface area contributed by atoms with Crippen molar-refractivity contribution in [2.75, 3.05) is 33.7 Å². The van der Waals surface area contributed by atoms with Gasteiger partial charge in [-0.2, -0.15) is 5.10 Å². The van der Waals surface area contributed by atoms with E-state index in [-0.39, 0.29) is 31.3 Å². The molecule has 3 saturated heterocycles. The standard InChI is InChI=1S/C48H72N6O12/c1-13-36-48(10)40(51-45(59)66-48)30(6)37(55)28(4)27-47(9,65-44(58)49-23-16-18-33-19-21-34(22-20-33)54-25-17-24-50-54)41(64-43-38(56)35(52(11)12)26-29(5)61-43)31(7)39(32(8)42(57)62-36)63-46(60)53(14-2)15-3/h16-22,24-25,28-32,35-36,38-41,43,56H,13-15,23,26-27H2,1-12H3,(H,49,58)(H,51,59)/b18-16+/t28-,29-,30+,31+,32-,35+,36-,38-,39+,40-,41-,43+,47-,48-/m1/s1. The van der Waals surface area contributed by atoms with Gasteiger partial charge in [-0.15, -0.1) is 0 Å². The third kappa shape index (κ3) is 11.7. The van der Waals surface area contributed by atoms with E-state index in [0.29, 0.717) is 19.5 Å². The van der Waals surface area contributed by atoms with E-state index < -0.39 is 102 Å². The number of ketones is 1. The molecule has 3 N–H and O–H groups in total. The van der Waals surface area contributed by atoms with Crippen molar-refractivity contribution in [3.05, 3.63) is 54.4 Å². The highest BCUT2D eigenvalue weighted by Gasteiger charge is 2.58. The number of aliphatic hydroxyl groups excluding tert-OH is 1. The summed E-state index contributed by atoms with van der Waals surface area (Å²) >= 11 is 0. The molecule has 1 aromatic carbocycles. The minimum Gasteiger partial charge on any atom is -0.458 e. The number of carbonyl (C=O) groups excluding carboxylic acids is 5. The SMILES string of the molecule is CC[C@H]1OC(=O)[C@H](C)[C@@H](OC(=O)N(CC)CC)[C@H](C)[C@@H](O[C@@H]2O[C@H](C)C[C@H](N(C)C)[C@H]2O)[C@](C)(OC(=O)NC/C=C/c2ccc(-n3cccn3)cc2)C[C@@H](C)C(=O)[C@H](C)[C@H]2NC(=O)O[C@@]21C. The van der Waals surface area contributed by atoms with Crippen molar-refractivity contribution in [1.29, 1.82) is 0 Å². The molecule has 366 valence electrons. The van der Waals surface area contributed by atoms with E-state index in [1.165, 1.54) is 4.90 Å². The molecule has 0 spiro atoms. The molecular formula is C48H72N6O12. The van der Waals surface area contributed by atoms with Gasteiger partial charge in [-0.05, 0) is 98.7 Å². The number of Topliss-reactive ketones (excluding diaryl/α,β-unsaturated/α-hetero) is 1. The number of esters is 1. The van der Waals surface area contributed by atoms with Crippen molar-refractivity contribution >= 4 is 36.1 Å². The first-order valence-electron chi connectivity index (χ1n) is 23.3. The molecule has 0 aliphatic carbocycles. The van der Waals surface area contributed by atoms with Crippen LogP contribution >= 0.6 is 0 Å². The first-order chi connectivity index (χ1) is 31.2. The van der Waals surface area contributed by atoms with Gasteiger partial charge in [0.1, 0.15) is 35.8 Å². The van der Waals surface area contributed by atoms with E-state index in [1.807, 2.05) is 68.5 Å². The average Bonchev–Trinajstić information content (AvgIpc) is 3.93. The fraction of sp³-hybridized carbons (Fsp3) is 0.667. The lowest BCUT2D eigenvalue weighted by molar-refractivity contribution is -0.298. The van der Waals surface area contributed by atoms with E-state index in [9.17, 15) is 29.1 Å². The lowest BCUT2D eigenvalue weighted by atomic mass is 9.73. The molecule has 3 amide bonds. The van der Waals surface area contributed by atoms with Gasteiger partial charge in [0, 0.05) is 55.8 Å². The Hall–Kier alpha value is -5.04. The molecule has 3 aliphatic rings. The molecule has 4 heterocycles. The first kappa shape index (κ1) is 51.9. The molecule has 3 aliphatic heterocycles. The lowest BCUT2D eigenvalue weighted by Crippen LogP contribution is -2.61. The number of likely N-dealkylation sites (N-methyl/N-ethyl adjacent to an activating group) is 1. The van der Waals surface area contributed by atoms with Crippen LogP contribution in [0.3, 0.4) is 0 Å². The van der Waals surface area contributed by atoms with Gasteiger partial charge < -0.3 is 54.0 Å². The number of nitrogens with zero attached hydrogens (tertiary/aromatic N) is 4. The van der Waals surface area contributed by atoms with E-state index >= 15 is 0 Å². The van der Waals surface area contributed by atoms with Gasteiger partial charge in [0.05, 0.1) is 23.8 Å². The van der Waals surface area contributed by atoms with Crippen LogP contribution in [0.2, 0.25) is 0 Å². The van der Waals surface area contributed by atoms with E-state index in [0.717, 1.165) is 11.3 Å². The van der Waals surface area contributed by atoms with E-state index in [1.54, 1.807) is 79.3 Å². The molecule has 0 unspecified atom stereocenters. The third-order valence-corrected chi connectivity index (χ3v) is 13.6. The molecule has 66 heavy (non-hydrogen) atoms. The second-order valence-corrected chi connectivity index (χ2v) is 18.7. The Labute approximate surface area is 389 Å². The minimum atomic E-state index is -1.75. The number of ether oxygens (including phenoxy) is 6. The summed E-state index contributed by atoms with van der Waals surface area (Å²) < 4.78 is 39.7. The molecule has 5 rings (SSSR count). The number of fused-ring (bicyclic) bond motifs is 1. The molecule has 3 fully saturated rings. The number of amides is 3. The third-order valence-electron chi connectivity index (χ3n) is 13.6. The monoisotopic (exact) mass is 925 g/mol. The van der Waals surface area contributed by atoms with E-state index in [2.05, 4.69) is 15.7 Å². The van der Waals surface area contributed by atoms with Crippen LogP contribution in [0.4, 0.5) is 14.4 Å². The number of carbonyl (C=O) groups is 5. The fourth-order valence-electron chi connectivity index (χ4n) is 9.85. The Morgan fingerprint density at radius 1 is 1.03 bits per heavy atom. The van der Waals surface area contributed by atoms with Crippen molar-refractivity contribution in [1.82, 2.24) is 30.2 Å². The topological polar surface area (TPSA) is 209 Å². The number of cyclic esters (lactones) is 1. The number of aliphatic hydroxyl groups is 1. The van der Waals surface area contributed by atoms with Crippen molar-refractivity contribution in [3.63, 3.8) is 0 Å².